The summed E-state index contributed by atoms with van der Waals surface area (Å²) in [5.41, 5.74) is 5.19. The fourth-order valence-corrected chi connectivity index (χ4v) is 5.48. The van der Waals surface area contributed by atoms with Crippen molar-refractivity contribution in [3.63, 3.8) is 0 Å². The Morgan fingerprint density at radius 1 is 1.00 bits per heavy atom. The summed E-state index contributed by atoms with van der Waals surface area (Å²) in [5, 5.41) is 0. The predicted molar refractivity (Wildman–Crippen MR) is 110 cm³/mol. The Bertz CT molecular complexity index is 990. The normalized spacial score (nSPS) is 25.6. The van der Waals surface area contributed by atoms with Crippen molar-refractivity contribution in [3.8, 4) is 23.0 Å². The number of rotatable bonds is 4. The first-order chi connectivity index (χ1) is 14.7. The Labute approximate surface area is 176 Å². The van der Waals surface area contributed by atoms with Crippen molar-refractivity contribution in [2.45, 2.75) is 50.8 Å². The van der Waals surface area contributed by atoms with Gasteiger partial charge in [-0.05, 0) is 54.8 Å². The fourth-order valence-electron chi connectivity index (χ4n) is 5.48. The number of benzene rings is 2. The number of hydrogen-bond acceptors (Lipinski definition) is 6. The molecule has 0 spiro atoms. The van der Waals surface area contributed by atoms with Gasteiger partial charge in [0.15, 0.2) is 23.0 Å². The number of likely N-dealkylation sites (N-methyl/N-ethyl adjacent to an activating group) is 1. The highest BCUT2D eigenvalue weighted by atomic mass is 16.7. The number of nitrogens with zero attached hydrogens (tertiary/aromatic N) is 1. The number of fused-ring (bicyclic) bond motifs is 8. The van der Waals surface area contributed by atoms with Gasteiger partial charge in [-0.25, -0.2) is 0 Å². The zero-order chi connectivity index (χ0) is 20.2. The van der Waals surface area contributed by atoms with Crippen LogP contribution in [0.4, 0.5) is 0 Å². The van der Waals surface area contributed by atoms with Gasteiger partial charge >= 0.3 is 0 Å². The lowest BCUT2D eigenvalue weighted by molar-refractivity contribution is -0.00647. The molecule has 0 N–H and O–H groups in total. The van der Waals surface area contributed by atoms with Crippen LogP contribution in [-0.4, -0.2) is 38.2 Å². The van der Waals surface area contributed by atoms with E-state index >= 15 is 0 Å². The summed E-state index contributed by atoms with van der Waals surface area (Å²) in [6.07, 6.45) is 3.19. The van der Waals surface area contributed by atoms with Crippen molar-refractivity contribution in [2.24, 2.45) is 0 Å². The minimum atomic E-state index is 0.108. The highest BCUT2D eigenvalue weighted by Gasteiger charge is 2.46. The van der Waals surface area contributed by atoms with E-state index in [9.17, 15) is 0 Å². The molecule has 2 aromatic rings. The van der Waals surface area contributed by atoms with Gasteiger partial charge in [-0.15, -0.1) is 0 Å². The Morgan fingerprint density at radius 2 is 1.80 bits per heavy atom. The molecule has 0 saturated carbocycles. The molecule has 0 aromatic heterocycles. The van der Waals surface area contributed by atoms with Gasteiger partial charge in [0.25, 0.3) is 0 Å². The van der Waals surface area contributed by atoms with E-state index in [1.165, 1.54) is 22.3 Å². The lowest BCUT2D eigenvalue weighted by Gasteiger charge is -2.48. The maximum atomic E-state index is 6.52. The van der Waals surface area contributed by atoms with Gasteiger partial charge in [0, 0.05) is 30.7 Å². The lowest BCUT2D eigenvalue weighted by Crippen LogP contribution is -2.44. The molecular formula is C24H27NO5. The molecule has 0 bridgehead atoms. The summed E-state index contributed by atoms with van der Waals surface area (Å²) in [5.74, 6) is 3.69. The number of ether oxygens (including phenoxy) is 5. The topological polar surface area (TPSA) is 49.4 Å². The Hall–Kier alpha value is -2.44. The van der Waals surface area contributed by atoms with Crippen LogP contribution >= 0.6 is 0 Å². The molecule has 1 aliphatic carbocycles. The highest BCUT2D eigenvalue weighted by Crippen LogP contribution is 2.54. The summed E-state index contributed by atoms with van der Waals surface area (Å²) in [6, 6.07) is 8.85. The zero-order valence-electron chi connectivity index (χ0n) is 17.5. The molecule has 0 radical (unpaired) electrons. The molecule has 4 aliphatic rings. The quantitative estimate of drug-likeness (QED) is 0.707. The van der Waals surface area contributed by atoms with Crippen molar-refractivity contribution >= 4 is 0 Å². The molecule has 0 saturated heterocycles. The van der Waals surface area contributed by atoms with Crippen LogP contribution < -0.4 is 18.9 Å². The van der Waals surface area contributed by atoms with Gasteiger partial charge in [-0.1, -0.05) is 19.4 Å². The van der Waals surface area contributed by atoms with E-state index in [1.807, 2.05) is 0 Å². The average molecular weight is 409 g/mol. The highest BCUT2D eigenvalue weighted by molar-refractivity contribution is 5.58. The van der Waals surface area contributed by atoms with Gasteiger partial charge in [-0.3, -0.25) is 4.90 Å². The van der Waals surface area contributed by atoms with Crippen molar-refractivity contribution in [2.75, 3.05) is 27.2 Å². The third kappa shape index (κ3) is 2.70. The van der Waals surface area contributed by atoms with E-state index in [0.717, 1.165) is 55.4 Å². The van der Waals surface area contributed by atoms with Gasteiger partial charge < -0.3 is 23.7 Å². The van der Waals surface area contributed by atoms with E-state index in [2.05, 4.69) is 43.1 Å². The molecule has 3 aliphatic heterocycles. The molecule has 3 atom stereocenters. The maximum absolute atomic E-state index is 6.52. The molecule has 0 amide bonds. The lowest BCUT2D eigenvalue weighted by atomic mass is 9.70. The molecule has 2 aromatic carbocycles. The molecular weight excluding hydrogens is 382 g/mol. The van der Waals surface area contributed by atoms with Crippen LogP contribution in [0.25, 0.3) is 0 Å². The summed E-state index contributed by atoms with van der Waals surface area (Å²) >= 11 is 0. The van der Waals surface area contributed by atoms with E-state index in [0.29, 0.717) is 13.6 Å². The van der Waals surface area contributed by atoms with Gasteiger partial charge in [-0.2, -0.15) is 0 Å². The molecule has 158 valence electrons. The molecule has 6 heteroatoms. The molecule has 6 nitrogen and oxygen atoms in total. The van der Waals surface area contributed by atoms with Crippen LogP contribution in [0.15, 0.2) is 24.3 Å². The van der Waals surface area contributed by atoms with Crippen LogP contribution in [0.5, 0.6) is 23.0 Å². The second-order valence-electron chi connectivity index (χ2n) is 8.62. The van der Waals surface area contributed by atoms with Crippen molar-refractivity contribution in [1.82, 2.24) is 4.90 Å². The first-order valence-electron chi connectivity index (χ1n) is 10.9. The SMILES string of the molecule is CCCCO[C@H]1Cc2cc3c(cc2[C@@H]2[C@H]1c1ccc4c(c1CN2C)OCO4)OCO3. The summed E-state index contributed by atoms with van der Waals surface area (Å²) in [4.78, 5) is 2.42. The smallest absolute Gasteiger partial charge is 0.231 e. The first kappa shape index (κ1) is 18.3. The minimum Gasteiger partial charge on any atom is -0.454 e. The molecule has 3 heterocycles. The first-order valence-corrected chi connectivity index (χ1v) is 10.9. The minimum absolute atomic E-state index is 0.108. The van der Waals surface area contributed by atoms with Gasteiger partial charge in [0.2, 0.25) is 13.6 Å². The third-order valence-electron chi connectivity index (χ3n) is 6.86. The molecule has 0 unspecified atom stereocenters. The summed E-state index contributed by atoms with van der Waals surface area (Å²) in [6.45, 7) is 4.40. The predicted octanol–water partition coefficient (Wildman–Crippen LogP) is 4.16. The Balaban J connectivity index is 1.48. The number of unbranched alkanes of at least 4 members (excludes halogenated alkanes) is 1. The van der Waals surface area contributed by atoms with Gasteiger partial charge in [0.05, 0.1) is 6.10 Å². The standard InChI is InChI=1S/C24H27NO5/c1-3-4-7-26-21-9-14-8-19-20(29-12-28-19)10-16(14)23-22(21)15-5-6-18-24(30-13-27-18)17(15)11-25(23)2/h5-6,8,10,21-23H,3-4,7,9,11-13H2,1-2H3/t21-,22-,23+/m0/s1. The van der Waals surface area contributed by atoms with E-state index in [4.69, 9.17) is 23.7 Å². The Morgan fingerprint density at radius 3 is 2.67 bits per heavy atom. The second-order valence-corrected chi connectivity index (χ2v) is 8.62. The monoisotopic (exact) mass is 409 g/mol. The zero-order valence-corrected chi connectivity index (χ0v) is 17.5. The second kappa shape index (κ2) is 7.06. The van der Waals surface area contributed by atoms with E-state index < -0.39 is 0 Å². The molecule has 30 heavy (non-hydrogen) atoms. The van der Waals surface area contributed by atoms with Crippen LogP contribution in [0.2, 0.25) is 0 Å². The van der Waals surface area contributed by atoms with Crippen molar-refractivity contribution in [1.29, 1.82) is 0 Å². The van der Waals surface area contributed by atoms with E-state index in [-0.39, 0.29) is 18.1 Å². The summed E-state index contributed by atoms with van der Waals surface area (Å²) in [7, 11) is 2.19. The van der Waals surface area contributed by atoms with Crippen molar-refractivity contribution in [3.05, 3.63) is 46.5 Å². The fraction of sp³-hybridized carbons (Fsp3) is 0.500. The van der Waals surface area contributed by atoms with Crippen LogP contribution in [0.3, 0.4) is 0 Å². The van der Waals surface area contributed by atoms with Crippen LogP contribution in [-0.2, 0) is 17.7 Å². The molecule has 6 rings (SSSR count). The van der Waals surface area contributed by atoms with Crippen LogP contribution in [0, 0.1) is 0 Å². The van der Waals surface area contributed by atoms with E-state index in [1.54, 1.807) is 0 Å². The maximum Gasteiger partial charge on any atom is 0.231 e. The van der Waals surface area contributed by atoms with Crippen LogP contribution in [0.1, 0.15) is 54.0 Å². The molecule has 0 fully saturated rings. The third-order valence-corrected chi connectivity index (χ3v) is 6.86. The van der Waals surface area contributed by atoms with Crippen molar-refractivity contribution < 1.29 is 23.7 Å². The largest absolute Gasteiger partial charge is 0.454 e. The average Bonchev–Trinajstić information content (AvgIpc) is 3.41. The van der Waals surface area contributed by atoms with Gasteiger partial charge in [0.1, 0.15) is 0 Å². The Kier molecular flexibility index (Phi) is 4.32. The number of hydrogen-bond donors (Lipinski definition) is 0. The summed E-state index contributed by atoms with van der Waals surface area (Å²) < 4.78 is 29.4.